The van der Waals surface area contributed by atoms with Crippen LogP contribution in [0.25, 0.3) is 11.1 Å². The Kier molecular flexibility index (Phi) is 6.93. The fourth-order valence-corrected chi connectivity index (χ4v) is 5.50. The molecule has 4 rings (SSSR count). The van der Waals surface area contributed by atoms with E-state index in [0.29, 0.717) is 42.2 Å². The second-order valence-electron chi connectivity index (χ2n) is 8.97. The van der Waals surface area contributed by atoms with Gasteiger partial charge in [0, 0.05) is 6.61 Å². The fraction of sp³-hybridized carbons (Fsp3) is 0.520. The van der Waals surface area contributed by atoms with Crippen LogP contribution in [-0.4, -0.2) is 19.1 Å². The highest BCUT2D eigenvalue weighted by Gasteiger charge is 2.37. The van der Waals surface area contributed by atoms with Gasteiger partial charge in [0.1, 0.15) is 11.6 Å². The van der Waals surface area contributed by atoms with Crippen molar-refractivity contribution in [3.05, 3.63) is 53.3 Å². The molecular formula is C25H26F6O2. The smallest absolute Gasteiger partial charge is 0.403 e. The Morgan fingerprint density at radius 3 is 2.15 bits per heavy atom. The first-order valence-corrected chi connectivity index (χ1v) is 11.3. The normalized spacial score (nSPS) is 25.5. The summed E-state index contributed by atoms with van der Waals surface area (Å²) in [5, 5.41) is 0. The Hall–Kier alpha value is -2.22. The minimum absolute atomic E-state index is 0.0345. The number of hydrogen-bond donors (Lipinski definition) is 0. The van der Waals surface area contributed by atoms with E-state index >= 15 is 0 Å². The molecule has 0 bridgehead atoms. The molecule has 0 N–H and O–H groups in total. The lowest BCUT2D eigenvalue weighted by Crippen LogP contribution is -2.33. The zero-order chi connectivity index (χ0) is 23.8. The average molecular weight is 472 g/mol. The van der Waals surface area contributed by atoms with E-state index in [-0.39, 0.29) is 11.5 Å². The molecular weight excluding hydrogens is 446 g/mol. The maximum atomic E-state index is 14.9. The average Bonchev–Trinajstić information content (AvgIpc) is 2.74. The molecule has 0 aromatic heterocycles. The van der Waals surface area contributed by atoms with E-state index in [4.69, 9.17) is 4.74 Å². The van der Waals surface area contributed by atoms with Crippen molar-refractivity contribution in [2.45, 2.75) is 63.8 Å². The Labute approximate surface area is 188 Å². The maximum Gasteiger partial charge on any atom is 0.573 e. The molecule has 180 valence electrons. The first kappa shape index (κ1) is 23.9. The number of alkyl halides is 3. The third kappa shape index (κ3) is 5.48. The standard InChI is InChI=1S/C25H26F6O2/c1-2-32-19-7-5-14-9-15(3-4-16(14)10-19)18-12-21(27)24(22(28)13-18)17-6-8-23(20(26)11-17)33-25(29,30)31/h6,8,11-16,19H,2-5,7,9-10H2,1H3. The Balaban J connectivity index is 1.51. The summed E-state index contributed by atoms with van der Waals surface area (Å²) in [6.45, 7) is 2.70. The van der Waals surface area contributed by atoms with Crippen LogP contribution in [0.5, 0.6) is 5.75 Å². The highest BCUT2D eigenvalue weighted by atomic mass is 19.4. The molecule has 0 aliphatic heterocycles. The van der Waals surface area contributed by atoms with Crippen LogP contribution in [0.1, 0.15) is 56.9 Å². The third-order valence-corrected chi connectivity index (χ3v) is 6.95. The zero-order valence-corrected chi connectivity index (χ0v) is 18.2. The molecule has 2 nitrogen and oxygen atoms in total. The second-order valence-corrected chi connectivity index (χ2v) is 8.97. The minimum Gasteiger partial charge on any atom is -0.403 e. The number of ether oxygens (including phenoxy) is 2. The van der Waals surface area contributed by atoms with Crippen LogP contribution < -0.4 is 4.74 Å². The van der Waals surface area contributed by atoms with Gasteiger partial charge in [-0.3, -0.25) is 0 Å². The highest BCUT2D eigenvalue weighted by Crippen LogP contribution is 2.47. The Morgan fingerprint density at radius 1 is 0.848 bits per heavy atom. The lowest BCUT2D eigenvalue weighted by molar-refractivity contribution is -0.275. The Bertz CT molecular complexity index is 966. The predicted octanol–water partition coefficient (Wildman–Crippen LogP) is 7.76. The van der Waals surface area contributed by atoms with E-state index in [2.05, 4.69) is 4.74 Å². The van der Waals surface area contributed by atoms with Gasteiger partial charge < -0.3 is 9.47 Å². The molecule has 2 aliphatic carbocycles. The van der Waals surface area contributed by atoms with Gasteiger partial charge in [-0.1, -0.05) is 6.07 Å². The van der Waals surface area contributed by atoms with Crippen molar-refractivity contribution in [1.29, 1.82) is 0 Å². The van der Waals surface area contributed by atoms with Gasteiger partial charge in [0.25, 0.3) is 0 Å². The summed E-state index contributed by atoms with van der Waals surface area (Å²) in [7, 11) is 0. The quantitative estimate of drug-likeness (QED) is 0.414. The van der Waals surface area contributed by atoms with Crippen LogP contribution in [0.3, 0.4) is 0 Å². The van der Waals surface area contributed by atoms with Gasteiger partial charge >= 0.3 is 6.36 Å². The fourth-order valence-electron chi connectivity index (χ4n) is 5.50. The van der Waals surface area contributed by atoms with Gasteiger partial charge in [0.2, 0.25) is 0 Å². The summed E-state index contributed by atoms with van der Waals surface area (Å²) in [6.07, 6.45) is 0.985. The summed E-state index contributed by atoms with van der Waals surface area (Å²) in [5.74, 6) is -3.03. The minimum atomic E-state index is -5.07. The molecule has 2 aliphatic rings. The van der Waals surface area contributed by atoms with Crippen LogP contribution in [0.15, 0.2) is 30.3 Å². The SMILES string of the molecule is CCOC1CCC2CC(c3cc(F)c(-c4ccc(OC(F)(F)F)c(F)c4)c(F)c3)CCC2C1. The van der Waals surface area contributed by atoms with E-state index in [1.54, 1.807) is 0 Å². The lowest BCUT2D eigenvalue weighted by Gasteiger charge is -2.42. The molecule has 4 unspecified atom stereocenters. The van der Waals surface area contributed by atoms with Crippen molar-refractivity contribution in [2.75, 3.05) is 6.61 Å². The first-order valence-electron chi connectivity index (χ1n) is 11.3. The second kappa shape index (κ2) is 9.57. The summed E-state index contributed by atoms with van der Waals surface area (Å²) >= 11 is 0. The number of halogens is 6. The molecule has 0 heterocycles. The summed E-state index contributed by atoms with van der Waals surface area (Å²) in [4.78, 5) is 0. The number of rotatable bonds is 5. The summed E-state index contributed by atoms with van der Waals surface area (Å²) in [6, 6.07) is 4.91. The van der Waals surface area contributed by atoms with Gasteiger partial charge in [-0.15, -0.1) is 13.2 Å². The molecule has 0 radical (unpaired) electrons. The maximum absolute atomic E-state index is 14.9. The molecule has 33 heavy (non-hydrogen) atoms. The topological polar surface area (TPSA) is 18.5 Å². The number of hydrogen-bond acceptors (Lipinski definition) is 2. The molecule has 2 fully saturated rings. The molecule has 2 aromatic rings. The first-order chi connectivity index (χ1) is 15.6. The van der Waals surface area contributed by atoms with Crippen LogP contribution in [0, 0.1) is 29.3 Å². The number of fused-ring (bicyclic) bond motifs is 1. The molecule has 4 atom stereocenters. The van der Waals surface area contributed by atoms with E-state index in [9.17, 15) is 26.3 Å². The van der Waals surface area contributed by atoms with Crippen molar-refractivity contribution in [2.24, 2.45) is 11.8 Å². The van der Waals surface area contributed by atoms with E-state index in [0.717, 1.165) is 44.6 Å². The van der Waals surface area contributed by atoms with Crippen molar-refractivity contribution in [3.63, 3.8) is 0 Å². The molecule has 0 saturated heterocycles. The van der Waals surface area contributed by atoms with Crippen LogP contribution in [0.4, 0.5) is 26.3 Å². The van der Waals surface area contributed by atoms with Crippen molar-refractivity contribution in [3.8, 4) is 16.9 Å². The van der Waals surface area contributed by atoms with Gasteiger partial charge in [-0.25, -0.2) is 13.2 Å². The zero-order valence-electron chi connectivity index (χ0n) is 18.2. The van der Waals surface area contributed by atoms with E-state index in [1.165, 1.54) is 12.1 Å². The molecule has 0 amide bonds. The predicted molar refractivity (Wildman–Crippen MR) is 111 cm³/mol. The molecule has 2 saturated carbocycles. The molecule has 0 spiro atoms. The van der Waals surface area contributed by atoms with Crippen molar-refractivity contribution >= 4 is 0 Å². The van der Waals surface area contributed by atoms with Crippen molar-refractivity contribution in [1.82, 2.24) is 0 Å². The van der Waals surface area contributed by atoms with Gasteiger partial charge in [-0.2, -0.15) is 0 Å². The van der Waals surface area contributed by atoms with Gasteiger partial charge in [0.05, 0.1) is 11.7 Å². The third-order valence-electron chi connectivity index (χ3n) is 6.95. The highest BCUT2D eigenvalue weighted by molar-refractivity contribution is 5.66. The van der Waals surface area contributed by atoms with Crippen molar-refractivity contribution < 1.29 is 35.8 Å². The summed E-state index contributed by atoms with van der Waals surface area (Å²) in [5.41, 5.74) is -0.0970. The van der Waals surface area contributed by atoms with Crippen LogP contribution >= 0.6 is 0 Å². The van der Waals surface area contributed by atoms with E-state index < -0.39 is 35.1 Å². The van der Waals surface area contributed by atoms with E-state index in [1.807, 2.05) is 6.92 Å². The number of benzene rings is 2. The largest absolute Gasteiger partial charge is 0.573 e. The van der Waals surface area contributed by atoms with Crippen LogP contribution in [0.2, 0.25) is 0 Å². The molecule has 8 heteroatoms. The van der Waals surface area contributed by atoms with Gasteiger partial charge in [0.15, 0.2) is 11.6 Å². The summed E-state index contributed by atoms with van der Waals surface area (Å²) < 4.78 is 90.3. The van der Waals surface area contributed by atoms with Gasteiger partial charge in [-0.05, 0) is 98.6 Å². The Morgan fingerprint density at radius 2 is 1.52 bits per heavy atom. The molecule has 2 aromatic carbocycles. The lowest BCUT2D eigenvalue weighted by atomic mass is 9.65. The van der Waals surface area contributed by atoms with Crippen LogP contribution in [-0.2, 0) is 4.74 Å². The monoisotopic (exact) mass is 472 g/mol.